The van der Waals surface area contributed by atoms with Gasteiger partial charge in [-0.3, -0.25) is 4.79 Å². The first-order valence-electron chi connectivity index (χ1n) is 7.06. The molecule has 5 nitrogen and oxygen atoms in total. The van der Waals surface area contributed by atoms with Gasteiger partial charge in [0.1, 0.15) is 19.7 Å². The summed E-state index contributed by atoms with van der Waals surface area (Å²) >= 11 is 0. The Labute approximate surface area is 143 Å². The van der Waals surface area contributed by atoms with Gasteiger partial charge >= 0.3 is 5.97 Å². The number of ether oxygens (including phenoxy) is 1. The zero-order valence-corrected chi connectivity index (χ0v) is 14.1. The molecule has 1 rings (SSSR count). The lowest BCUT2D eigenvalue weighted by molar-refractivity contribution is -0.924. The smallest absolute Gasteiger partial charge is 0.330 e. The minimum absolute atomic E-state index is 0. The number of carbonyl (C=O) groups excluding carboxylic acids is 2. The lowest BCUT2D eigenvalue weighted by Gasteiger charge is -2.34. The standard InChI is InChI=1S/C17H22N2O3.ClH/c1-4-16(20)18-14-19(3,11-12-22-17(21)5-2)13-15-9-7-6-8-10-15;/h4-10H,1-2,11-14H2,3H3;1H. The number of nitrogens with zero attached hydrogens (tertiary/aromatic N) is 1. The van der Waals surface area contributed by atoms with Crippen molar-refractivity contribution in [1.29, 1.82) is 0 Å². The fourth-order valence-electron chi connectivity index (χ4n) is 2.00. The number of hydrogen-bond acceptors (Lipinski definition) is 3. The number of benzene rings is 1. The summed E-state index contributed by atoms with van der Waals surface area (Å²) in [7, 11) is 2.00. The largest absolute Gasteiger partial charge is 1.00 e. The molecule has 0 aromatic heterocycles. The van der Waals surface area contributed by atoms with Crippen molar-refractivity contribution in [3.05, 3.63) is 61.2 Å². The third-order valence-electron chi connectivity index (χ3n) is 3.27. The van der Waals surface area contributed by atoms with Gasteiger partial charge in [0.05, 0.1) is 7.05 Å². The van der Waals surface area contributed by atoms with Crippen LogP contribution in [0.3, 0.4) is 0 Å². The van der Waals surface area contributed by atoms with Crippen LogP contribution in [0.2, 0.25) is 0 Å². The highest BCUT2D eigenvalue weighted by Gasteiger charge is 2.23. The molecule has 0 spiro atoms. The van der Waals surface area contributed by atoms with E-state index in [4.69, 9.17) is 4.74 Å². The van der Waals surface area contributed by atoms with Gasteiger partial charge in [0.2, 0.25) is 5.91 Å². The van der Waals surface area contributed by atoms with E-state index in [1.54, 1.807) is 0 Å². The van der Waals surface area contributed by atoms with Crippen molar-refractivity contribution in [2.24, 2.45) is 0 Å². The summed E-state index contributed by atoms with van der Waals surface area (Å²) in [6, 6.07) is 9.96. The van der Waals surface area contributed by atoms with E-state index in [9.17, 15) is 9.59 Å². The maximum atomic E-state index is 11.4. The second-order valence-corrected chi connectivity index (χ2v) is 5.26. The fraction of sp³-hybridized carbons (Fsp3) is 0.294. The van der Waals surface area contributed by atoms with Crippen LogP contribution in [0.15, 0.2) is 55.6 Å². The van der Waals surface area contributed by atoms with Crippen molar-refractivity contribution >= 4 is 11.9 Å². The summed E-state index contributed by atoms with van der Waals surface area (Å²) in [6.45, 7) is 8.78. The highest BCUT2D eigenvalue weighted by atomic mass is 35.5. The van der Waals surface area contributed by atoms with Crippen molar-refractivity contribution in [3.8, 4) is 0 Å². The molecule has 1 N–H and O–H groups in total. The Kier molecular flexibility index (Phi) is 9.62. The van der Waals surface area contributed by atoms with E-state index in [0.29, 0.717) is 24.2 Å². The van der Waals surface area contributed by atoms with Crippen LogP contribution in [0.4, 0.5) is 0 Å². The number of rotatable bonds is 9. The molecule has 0 aliphatic heterocycles. The summed E-state index contributed by atoms with van der Waals surface area (Å²) in [6.07, 6.45) is 2.38. The number of esters is 1. The molecule has 23 heavy (non-hydrogen) atoms. The second kappa shape index (κ2) is 10.6. The van der Waals surface area contributed by atoms with Crippen LogP contribution >= 0.6 is 0 Å². The topological polar surface area (TPSA) is 55.4 Å². The molecule has 0 saturated carbocycles. The predicted molar refractivity (Wildman–Crippen MR) is 85.6 cm³/mol. The van der Waals surface area contributed by atoms with Crippen LogP contribution in [0.5, 0.6) is 0 Å². The summed E-state index contributed by atoms with van der Waals surface area (Å²) in [5.41, 5.74) is 1.15. The minimum atomic E-state index is -0.443. The van der Waals surface area contributed by atoms with Gasteiger partial charge in [-0.25, -0.2) is 4.79 Å². The van der Waals surface area contributed by atoms with E-state index in [1.807, 2.05) is 37.4 Å². The molecule has 1 aromatic carbocycles. The Morgan fingerprint density at radius 3 is 2.43 bits per heavy atom. The summed E-state index contributed by atoms with van der Waals surface area (Å²) in [5, 5.41) is 2.80. The van der Waals surface area contributed by atoms with E-state index in [0.717, 1.165) is 11.6 Å². The van der Waals surface area contributed by atoms with Gasteiger partial charge in [-0.2, -0.15) is 0 Å². The van der Waals surface area contributed by atoms with Gasteiger partial charge in [0, 0.05) is 11.6 Å². The third kappa shape index (κ3) is 8.18. The van der Waals surface area contributed by atoms with Gasteiger partial charge < -0.3 is 26.9 Å². The van der Waals surface area contributed by atoms with Gasteiger partial charge in [-0.05, 0) is 6.08 Å². The lowest BCUT2D eigenvalue weighted by Crippen LogP contribution is -3.00. The molecule has 0 aliphatic carbocycles. The number of quaternary nitrogens is 1. The van der Waals surface area contributed by atoms with Gasteiger partial charge in [0.15, 0.2) is 6.67 Å². The second-order valence-electron chi connectivity index (χ2n) is 5.26. The number of hydrogen-bond donors (Lipinski definition) is 1. The van der Waals surface area contributed by atoms with Crippen LogP contribution < -0.4 is 17.7 Å². The molecule has 126 valence electrons. The van der Waals surface area contributed by atoms with Crippen molar-refractivity contribution in [1.82, 2.24) is 5.32 Å². The van der Waals surface area contributed by atoms with Crippen molar-refractivity contribution in [2.45, 2.75) is 6.54 Å². The first-order valence-corrected chi connectivity index (χ1v) is 7.06. The van der Waals surface area contributed by atoms with Crippen LogP contribution in [0, 0.1) is 0 Å². The molecular formula is C17H23ClN2O3. The van der Waals surface area contributed by atoms with E-state index >= 15 is 0 Å². The monoisotopic (exact) mass is 338 g/mol. The SMILES string of the molecule is C=CC(=O)NC[N+](C)(CCOC(=O)C=C)Cc1ccccc1.[Cl-]. The molecule has 6 heteroatoms. The minimum Gasteiger partial charge on any atom is -1.00 e. The van der Waals surface area contributed by atoms with Gasteiger partial charge in [-0.1, -0.05) is 43.5 Å². The van der Waals surface area contributed by atoms with Gasteiger partial charge in [0.25, 0.3) is 0 Å². The summed E-state index contributed by atoms with van der Waals surface area (Å²) < 4.78 is 5.56. The van der Waals surface area contributed by atoms with Crippen molar-refractivity contribution < 1.29 is 31.2 Å². The molecule has 0 saturated heterocycles. The van der Waals surface area contributed by atoms with Crippen LogP contribution in [-0.2, 0) is 20.9 Å². The average molecular weight is 339 g/mol. The number of halogens is 1. The molecule has 0 aliphatic rings. The molecule has 1 aromatic rings. The van der Waals surface area contributed by atoms with Crippen LogP contribution in [0.25, 0.3) is 0 Å². The van der Waals surface area contributed by atoms with E-state index in [1.165, 1.54) is 6.08 Å². The van der Waals surface area contributed by atoms with Crippen LogP contribution in [0.1, 0.15) is 5.56 Å². The Balaban J connectivity index is 0.00000484. The van der Waals surface area contributed by atoms with E-state index in [-0.39, 0.29) is 24.9 Å². The maximum Gasteiger partial charge on any atom is 0.330 e. The quantitative estimate of drug-likeness (QED) is 0.261. The third-order valence-corrected chi connectivity index (χ3v) is 3.27. The van der Waals surface area contributed by atoms with Crippen molar-refractivity contribution in [2.75, 3.05) is 26.9 Å². The van der Waals surface area contributed by atoms with Crippen LogP contribution in [-0.4, -0.2) is 43.2 Å². The number of carbonyl (C=O) groups is 2. The first kappa shape index (κ1) is 20.9. The molecule has 1 amide bonds. The Morgan fingerprint density at radius 2 is 1.87 bits per heavy atom. The summed E-state index contributed by atoms with van der Waals surface area (Å²) in [5.74, 6) is -0.665. The molecule has 1 atom stereocenters. The molecular weight excluding hydrogens is 316 g/mol. The molecule has 0 bridgehead atoms. The average Bonchev–Trinajstić information content (AvgIpc) is 2.53. The zero-order valence-electron chi connectivity index (χ0n) is 13.3. The maximum absolute atomic E-state index is 11.4. The van der Waals surface area contributed by atoms with E-state index in [2.05, 4.69) is 18.5 Å². The predicted octanol–water partition coefficient (Wildman–Crippen LogP) is -1.37. The number of likely N-dealkylation sites (N-methyl/N-ethyl adjacent to an activating group) is 1. The highest BCUT2D eigenvalue weighted by Crippen LogP contribution is 2.11. The normalized spacial score (nSPS) is 12.2. The molecule has 0 radical (unpaired) electrons. The molecule has 1 unspecified atom stereocenters. The highest BCUT2D eigenvalue weighted by molar-refractivity contribution is 5.86. The Morgan fingerprint density at radius 1 is 1.22 bits per heavy atom. The Bertz CT molecular complexity index is 534. The number of nitrogens with one attached hydrogen (secondary N) is 1. The Hall–Kier alpha value is -2.11. The first-order chi connectivity index (χ1) is 10.5. The van der Waals surface area contributed by atoms with E-state index < -0.39 is 5.97 Å². The lowest BCUT2D eigenvalue weighted by atomic mass is 10.2. The molecule has 0 fully saturated rings. The summed E-state index contributed by atoms with van der Waals surface area (Å²) in [4.78, 5) is 22.5. The fourth-order valence-corrected chi connectivity index (χ4v) is 2.00. The number of amides is 1. The zero-order chi connectivity index (χ0) is 16.4. The van der Waals surface area contributed by atoms with Gasteiger partial charge in [-0.15, -0.1) is 0 Å². The van der Waals surface area contributed by atoms with Crippen molar-refractivity contribution in [3.63, 3.8) is 0 Å². The molecule has 0 heterocycles.